The van der Waals surface area contributed by atoms with Gasteiger partial charge in [-0.1, -0.05) is 6.08 Å². The zero-order valence-electron chi connectivity index (χ0n) is 7.96. The number of aliphatic carboxylic acids is 1. The molecule has 0 saturated heterocycles. The molecule has 0 amide bonds. The Balaban J connectivity index is -0.000000142. The molecule has 0 unspecified atom stereocenters. The van der Waals surface area contributed by atoms with Crippen molar-refractivity contribution in [2.24, 2.45) is 0 Å². The summed E-state index contributed by atoms with van der Waals surface area (Å²) in [6, 6.07) is 0. The molecule has 0 radical (unpaired) electrons. The average Bonchev–Trinajstić information content (AvgIpc) is 1.85. The summed E-state index contributed by atoms with van der Waals surface area (Å²) >= 11 is 0. The maximum Gasteiger partial charge on any atom is 0.330 e. The molecule has 0 spiro atoms. The predicted octanol–water partition coefficient (Wildman–Crippen LogP) is 1.42. The summed E-state index contributed by atoms with van der Waals surface area (Å²) in [6.07, 6.45) is 1.39. The van der Waals surface area contributed by atoms with E-state index in [9.17, 15) is 4.79 Å². The van der Waals surface area contributed by atoms with Gasteiger partial charge in [0.1, 0.15) is 0 Å². The van der Waals surface area contributed by atoms with Crippen LogP contribution in [0, 0.1) is 0 Å². The van der Waals surface area contributed by atoms with Gasteiger partial charge in [-0.15, -0.1) is 0 Å². The van der Waals surface area contributed by atoms with Crippen LogP contribution in [0.5, 0.6) is 0 Å². The molecule has 0 rings (SSSR count). The molecular formula is C8H16O3Ti. The molecule has 0 aromatic carbocycles. The number of aliphatic hydroxyl groups is 1. The van der Waals surface area contributed by atoms with Crippen molar-refractivity contribution < 1.29 is 36.7 Å². The molecule has 3 nitrogen and oxygen atoms in total. The molecule has 0 aromatic heterocycles. The van der Waals surface area contributed by atoms with Gasteiger partial charge in [-0.25, -0.2) is 4.79 Å². The minimum Gasteiger partial charge on any atom is -0.478 e. The second-order valence-corrected chi connectivity index (χ2v) is 2.37. The number of allylic oxidation sites excluding steroid dienone is 1. The quantitative estimate of drug-likeness (QED) is 0.506. The van der Waals surface area contributed by atoms with Crippen LogP contribution in [-0.2, 0) is 26.5 Å². The van der Waals surface area contributed by atoms with Crippen LogP contribution in [0.2, 0.25) is 0 Å². The normalized spacial score (nSPS) is 9.67. The molecule has 12 heavy (non-hydrogen) atoms. The summed E-state index contributed by atoms with van der Waals surface area (Å²) in [5.74, 6) is -0.845. The summed E-state index contributed by atoms with van der Waals surface area (Å²) < 4.78 is 0. The number of carboxylic acid groups (broad SMARTS) is 1. The van der Waals surface area contributed by atoms with Gasteiger partial charge >= 0.3 is 5.97 Å². The molecule has 0 aliphatic heterocycles. The van der Waals surface area contributed by atoms with Gasteiger partial charge in [-0.2, -0.15) is 0 Å². The number of carboxylic acids is 1. The van der Waals surface area contributed by atoms with E-state index >= 15 is 0 Å². The maximum atomic E-state index is 9.86. The Bertz CT molecular complexity index is 138. The van der Waals surface area contributed by atoms with Crippen molar-refractivity contribution in [3.63, 3.8) is 0 Å². The van der Waals surface area contributed by atoms with E-state index in [1.54, 1.807) is 33.8 Å². The van der Waals surface area contributed by atoms with Crippen molar-refractivity contribution in [1.29, 1.82) is 0 Å². The summed E-state index contributed by atoms with van der Waals surface area (Å²) in [5.41, 5.74) is 0.389. The van der Waals surface area contributed by atoms with Crippen LogP contribution in [0.1, 0.15) is 27.7 Å². The van der Waals surface area contributed by atoms with Crippen LogP contribution in [-0.4, -0.2) is 22.3 Å². The number of carbonyl (C=O) groups is 1. The van der Waals surface area contributed by atoms with Gasteiger partial charge in [0.15, 0.2) is 0 Å². The predicted molar refractivity (Wildman–Crippen MR) is 44.4 cm³/mol. The van der Waals surface area contributed by atoms with E-state index in [4.69, 9.17) is 10.2 Å². The summed E-state index contributed by atoms with van der Waals surface area (Å²) in [5, 5.41) is 16.2. The van der Waals surface area contributed by atoms with Crippen LogP contribution >= 0.6 is 0 Å². The van der Waals surface area contributed by atoms with Gasteiger partial charge in [0.25, 0.3) is 0 Å². The Labute approximate surface area is 88.4 Å². The van der Waals surface area contributed by atoms with Crippen LogP contribution in [0.15, 0.2) is 11.6 Å². The fourth-order valence-electron chi connectivity index (χ4n) is 0.123. The number of hydrogen-bond acceptors (Lipinski definition) is 2. The molecule has 70 valence electrons. The fraction of sp³-hybridized carbons (Fsp3) is 0.625. The van der Waals surface area contributed by atoms with E-state index in [0.29, 0.717) is 5.57 Å². The molecule has 0 aliphatic carbocycles. The molecular weight excluding hydrogens is 192 g/mol. The zero-order valence-corrected chi connectivity index (χ0v) is 9.52. The van der Waals surface area contributed by atoms with Crippen molar-refractivity contribution in [1.82, 2.24) is 0 Å². The molecule has 4 heteroatoms. The van der Waals surface area contributed by atoms with Gasteiger partial charge in [-0.05, 0) is 27.7 Å². The van der Waals surface area contributed by atoms with Crippen molar-refractivity contribution >= 4 is 5.97 Å². The van der Waals surface area contributed by atoms with Crippen LogP contribution in [0.4, 0.5) is 0 Å². The van der Waals surface area contributed by atoms with E-state index in [1.807, 2.05) is 0 Å². The first-order chi connectivity index (χ1) is 4.91. The average molecular weight is 208 g/mol. The Kier molecular flexibility index (Phi) is 16.2. The number of rotatable bonds is 1. The summed E-state index contributed by atoms with van der Waals surface area (Å²) in [4.78, 5) is 9.86. The molecule has 0 aliphatic rings. The Morgan fingerprint density at radius 2 is 1.67 bits per heavy atom. The molecule has 0 atom stereocenters. The first-order valence-electron chi connectivity index (χ1n) is 3.46. The minimum absolute atomic E-state index is 0. The van der Waals surface area contributed by atoms with Gasteiger partial charge in [0.2, 0.25) is 0 Å². The largest absolute Gasteiger partial charge is 0.478 e. The van der Waals surface area contributed by atoms with E-state index in [2.05, 4.69) is 0 Å². The molecule has 0 fully saturated rings. The standard InChI is InChI=1S/C5H8O2.C3H8O.Ti/c1-3-4(2)5(6)7;1-3(2)4;/h3H,1-2H3,(H,6,7);3-4H,1-2H3;. The second-order valence-electron chi connectivity index (χ2n) is 2.37. The van der Waals surface area contributed by atoms with Crippen molar-refractivity contribution in [2.75, 3.05) is 0 Å². The molecule has 0 bridgehead atoms. The van der Waals surface area contributed by atoms with Crippen LogP contribution in [0.3, 0.4) is 0 Å². The zero-order chi connectivity index (χ0) is 9.44. The smallest absolute Gasteiger partial charge is 0.330 e. The maximum absolute atomic E-state index is 9.86. The third kappa shape index (κ3) is 22.5. The van der Waals surface area contributed by atoms with Gasteiger partial charge in [0, 0.05) is 33.4 Å². The van der Waals surface area contributed by atoms with Gasteiger partial charge in [-0.3, -0.25) is 0 Å². The van der Waals surface area contributed by atoms with E-state index < -0.39 is 5.97 Å². The SMILES string of the molecule is CC(C)O.CC=C(C)C(=O)O.[Ti]. The first kappa shape index (κ1) is 17.8. The number of hydrogen-bond donors (Lipinski definition) is 2. The van der Waals surface area contributed by atoms with Gasteiger partial charge < -0.3 is 10.2 Å². The fourth-order valence-corrected chi connectivity index (χ4v) is 0.123. The van der Waals surface area contributed by atoms with Gasteiger partial charge in [0.05, 0.1) is 0 Å². The number of aliphatic hydroxyl groups excluding tert-OH is 1. The topological polar surface area (TPSA) is 57.5 Å². The first-order valence-corrected chi connectivity index (χ1v) is 3.46. The van der Waals surface area contributed by atoms with Crippen molar-refractivity contribution in [3.8, 4) is 0 Å². The second kappa shape index (κ2) is 10.9. The monoisotopic (exact) mass is 208 g/mol. The van der Waals surface area contributed by atoms with Crippen LogP contribution in [0.25, 0.3) is 0 Å². The van der Waals surface area contributed by atoms with E-state index in [-0.39, 0.29) is 27.8 Å². The van der Waals surface area contributed by atoms with Crippen molar-refractivity contribution in [2.45, 2.75) is 33.8 Å². The van der Waals surface area contributed by atoms with E-state index in [0.717, 1.165) is 0 Å². The van der Waals surface area contributed by atoms with E-state index in [1.165, 1.54) is 0 Å². The third-order valence-electron chi connectivity index (χ3n) is 0.770. The third-order valence-corrected chi connectivity index (χ3v) is 0.770. The Morgan fingerprint density at radius 3 is 1.67 bits per heavy atom. The molecule has 0 saturated carbocycles. The summed E-state index contributed by atoms with van der Waals surface area (Å²) in [7, 11) is 0. The van der Waals surface area contributed by atoms with Crippen LogP contribution < -0.4 is 0 Å². The Morgan fingerprint density at radius 1 is 1.42 bits per heavy atom. The summed E-state index contributed by atoms with van der Waals surface area (Å²) in [6.45, 7) is 6.70. The van der Waals surface area contributed by atoms with Crippen molar-refractivity contribution in [3.05, 3.63) is 11.6 Å². The minimum atomic E-state index is -0.845. The molecule has 0 aromatic rings. The molecule has 2 N–H and O–H groups in total. The molecule has 0 heterocycles. The Hall–Kier alpha value is -0.116.